The van der Waals surface area contributed by atoms with Crippen molar-refractivity contribution in [3.8, 4) is 34.7 Å². The quantitative estimate of drug-likeness (QED) is 0.408. The molecule has 0 radical (unpaired) electrons. The Labute approximate surface area is 199 Å². The third-order valence-corrected chi connectivity index (χ3v) is 6.27. The monoisotopic (exact) mass is 473 g/mol. The normalized spacial score (nSPS) is 11.9. The molecule has 1 aliphatic rings. The standard InChI is InChI=1S/C24H19N5O4S/c1-14-15(2)29(17-6-4-3-5-7-17)22(18(14)11-25)26-21(30)12-34-24-28-27-23(33-24)16-8-9-19-20(10-16)32-13-31-19/h3-10H,12-13H2,1-2H3,(H,26,30). The second kappa shape index (κ2) is 8.96. The summed E-state index contributed by atoms with van der Waals surface area (Å²) in [7, 11) is 0. The van der Waals surface area contributed by atoms with Crippen LogP contribution in [0.4, 0.5) is 5.82 Å². The van der Waals surface area contributed by atoms with Gasteiger partial charge in [-0.05, 0) is 49.7 Å². The first-order valence-corrected chi connectivity index (χ1v) is 11.4. The van der Waals surface area contributed by atoms with Gasteiger partial charge in [-0.2, -0.15) is 5.26 Å². The molecular weight excluding hydrogens is 454 g/mol. The maximum absolute atomic E-state index is 12.8. The zero-order valence-electron chi connectivity index (χ0n) is 18.4. The van der Waals surface area contributed by atoms with E-state index in [1.165, 1.54) is 0 Å². The molecule has 0 aliphatic carbocycles. The van der Waals surface area contributed by atoms with Gasteiger partial charge in [0, 0.05) is 16.9 Å². The molecule has 170 valence electrons. The van der Waals surface area contributed by atoms with Crippen molar-refractivity contribution in [3.05, 3.63) is 65.4 Å². The first-order chi connectivity index (χ1) is 16.5. The van der Waals surface area contributed by atoms with E-state index in [9.17, 15) is 10.1 Å². The Hall–Kier alpha value is -4.23. The number of nitrogens with zero attached hydrogens (tertiary/aromatic N) is 4. The molecular formula is C24H19N5O4S. The molecule has 0 spiro atoms. The van der Waals surface area contributed by atoms with Gasteiger partial charge in [0.25, 0.3) is 5.22 Å². The fourth-order valence-corrected chi connectivity index (χ4v) is 4.23. The summed E-state index contributed by atoms with van der Waals surface area (Å²) in [4.78, 5) is 12.8. The second-order valence-electron chi connectivity index (χ2n) is 7.49. The van der Waals surface area contributed by atoms with E-state index >= 15 is 0 Å². The first kappa shape index (κ1) is 21.6. The molecule has 0 unspecified atom stereocenters. The van der Waals surface area contributed by atoms with Gasteiger partial charge in [-0.15, -0.1) is 10.2 Å². The van der Waals surface area contributed by atoms with Crippen LogP contribution in [0.5, 0.6) is 11.5 Å². The number of nitriles is 1. The number of rotatable bonds is 6. The van der Waals surface area contributed by atoms with Crippen molar-refractivity contribution in [1.82, 2.24) is 14.8 Å². The van der Waals surface area contributed by atoms with Crippen LogP contribution in [-0.2, 0) is 4.79 Å². The minimum atomic E-state index is -0.293. The topological polar surface area (TPSA) is 115 Å². The number of nitrogens with one attached hydrogen (secondary N) is 1. The third-order valence-electron chi connectivity index (χ3n) is 5.45. The van der Waals surface area contributed by atoms with E-state index in [1.807, 2.05) is 48.7 Å². The SMILES string of the molecule is Cc1c(C#N)c(NC(=O)CSc2nnc(-c3ccc4c(c3)OCO4)o2)n(-c2ccccc2)c1C. The van der Waals surface area contributed by atoms with Gasteiger partial charge in [-0.25, -0.2) is 0 Å². The number of hydrogen-bond donors (Lipinski definition) is 1. The molecule has 1 amide bonds. The highest BCUT2D eigenvalue weighted by molar-refractivity contribution is 7.99. The highest BCUT2D eigenvalue weighted by atomic mass is 32.2. The maximum Gasteiger partial charge on any atom is 0.277 e. The van der Waals surface area contributed by atoms with Crippen LogP contribution in [0.25, 0.3) is 17.1 Å². The van der Waals surface area contributed by atoms with Gasteiger partial charge >= 0.3 is 0 Å². The lowest BCUT2D eigenvalue weighted by molar-refractivity contribution is -0.113. The van der Waals surface area contributed by atoms with E-state index in [4.69, 9.17) is 13.9 Å². The highest BCUT2D eigenvalue weighted by Gasteiger charge is 2.21. The van der Waals surface area contributed by atoms with Gasteiger partial charge in [0.05, 0.1) is 11.3 Å². The number of benzene rings is 2. The molecule has 34 heavy (non-hydrogen) atoms. The van der Waals surface area contributed by atoms with Crippen LogP contribution < -0.4 is 14.8 Å². The van der Waals surface area contributed by atoms with E-state index in [1.54, 1.807) is 18.2 Å². The Morgan fingerprint density at radius 2 is 1.94 bits per heavy atom. The van der Waals surface area contributed by atoms with Crippen molar-refractivity contribution in [2.24, 2.45) is 0 Å². The summed E-state index contributed by atoms with van der Waals surface area (Å²) in [5.41, 5.74) is 3.69. The van der Waals surface area contributed by atoms with E-state index in [0.717, 1.165) is 28.7 Å². The van der Waals surface area contributed by atoms with Crippen molar-refractivity contribution in [1.29, 1.82) is 5.26 Å². The molecule has 0 fully saturated rings. The van der Waals surface area contributed by atoms with Gasteiger partial charge in [-0.1, -0.05) is 30.0 Å². The molecule has 2 aromatic heterocycles. The third kappa shape index (κ3) is 3.97. The van der Waals surface area contributed by atoms with E-state index in [0.29, 0.717) is 34.3 Å². The van der Waals surface area contributed by atoms with E-state index in [2.05, 4.69) is 21.6 Å². The number of amides is 1. The summed E-state index contributed by atoms with van der Waals surface area (Å²) in [5, 5.41) is 20.9. The number of ether oxygens (including phenoxy) is 2. The van der Waals surface area contributed by atoms with Crippen LogP contribution in [0, 0.1) is 25.2 Å². The van der Waals surface area contributed by atoms with Crippen LogP contribution in [0.3, 0.4) is 0 Å². The minimum absolute atomic E-state index is 0.0334. The lowest BCUT2D eigenvalue weighted by Crippen LogP contribution is -2.17. The van der Waals surface area contributed by atoms with E-state index < -0.39 is 0 Å². The zero-order valence-corrected chi connectivity index (χ0v) is 19.2. The molecule has 3 heterocycles. The van der Waals surface area contributed by atoms with Crippen molar-refractivity contribution in [2.45, 2.75) is 19.1 Å². The highest BCUT2D eigenvalue weighted by Crippen LogP contribution is 2.36. The van der Waals surface area contributed by atoms with Crippen molar-refractivity contribution in [2.75, 3.05) is 17.9 Å². The Bertz CT molecular complexity index is 1420. The van der Waals surface area contributed by atoms with Crippen molar-refractivity contribution in [3.63, 3.8) is 0 Å². The van der Waals surface area contributed by atoms with Crippen LogP contribution in [-0.4, -0.2) is 33.2 Å². The number of aromatic nitrogens is 3. The van der Waals surface area contributed by atoms with Crippen LogP contribution in [0.1, 0.15) is 16.8 Å². The van der Waals surface area contributed by atoms with Crippen molar-refractivity contribution >= 4 is 23.5 Å². The molecule has 2 aromatic carbocycles. The molecule has 1 N–H and O–H groups in total. The molecule has 0 saturated carbocycles. The van der Waals surface area contributed by atoms with E-state index in [-0.39, 0.29) is 23.7 Å². The Kier molecular flexibility index (Phi) is 5.69. The molecule has 4 aromatic rings. The molecule has 1 aliphatic heterocycles. The fourth-order valence-electron chi connectivity index (χ4n) is 3.67. The zero-order chi connectivity index (χ0) is 23.7. The summed E-state index contributed by atoms with van der Waals surface area (Å²) in [6, 6.07) is 17.1. The number of fused-ring (bicyclic) bond motifs is 1. The number of thioether (sulfide) groups is 1. The van der Waals surface area contributed by atoms with Gasteiger partial charge in [0.15, 0.2) is 11.5 Å². The summed E-state index contributed by atoms with van der Waals surface area (Å²) >= 11 is 1.11. The molecule has 5 rings (SSSR count). The summed E-state index contributed by atoms with van der Waals surface area (Å²) in [6.07, 6.45) is 0. The maximum atomic E-state index is 12.8. The summed E-state index contributed by atoms with van der Waals surface area (Å²) in [6.45, 7) is 3.97. The van der Waals surface area contributed by atoms with Gasteiger partial charge in [-0.3, -0.25) is 9.36 Å². The smallest absolute Gasteiger partial charge is 0.277 e. The average Bonchev–Trinajstić information content (AvgIpc) is 3.57. The summed E-state index contributed by atoms with van der Waals surface area (Å²) < 4.78 is 18.3. The van der Waals surface area contributed by atoms with Gasteiger partial charge in [0.1, 0.15) is 11.9 Å². The number of anilines is 1. The Morgan fingerprint density at radius 1 is 1.15 bits per heavy atom. The van der Waals surface area contributed by atoms with Crippen LogP contribution in [0.2, 0.25) is 0 Å². The predicted octanol–water partition coefficient (Wildman–Crippen LogP) is 4.48. The number of carbonyl (C=O) groups excluding carboxylic acids is 1. The lowest BCUT2D eigenvalue weighted by Gasteiger charge is -2.12. The van der Waals surface area contributed by atoms with Crippen LogP contribution in [0.15, 0.2) is 58.2 Å². The lowest BCUT2D eigenvalue weighted by atomic mass is 10.2. The molecule has 0 bridgehead atoms. The molecule has 10 heteroatoms. The fraction of sp³-hybridized carbons (Fsp3) is 0.167. The number of carbonyl (C=O) groups is 1. The largest absolute Gasteiger partial charge is 0.454 e. The summed E-state index contributed by atoms with van der Waals surface area (Å²) in [5.74, 6) is 1.78. The number of para-hydroxylation sites is 1. The van der Waals surface area contributed by atoms with Gasteiger partial charge in [0.2, 0.25) is 18.6 Å². The number of hydrogen-bond acceptors (Lipinski definition) is 8. The second-order valence-corrected chi connectivity index (χ2v) is 8.42. The molecule has 0 atom stereocenters. The average molecular weight is 474 g/mol. The molecule has 0 saturated heterocycles. The van der Waals surface area contributed by atoms with Crippen LogP contribution >= 0.6 is 11.8 Å². The minimum Gasteiger partial charge on any atom is -0.454 e. The Morgan fingerprint density at radius 3 is 2.74 bits per heavy atom. The molecule has 9 nitrogen and oxygen atoms in total. The van der Waals surface area contributed by atoms with Gasteiger partial charge < -0.3 is 19.2 Å². The predicted molar refractivity (Wildman–Crippen MR) is 125 cm³/mol. The van der Waals surface area contributed by atoms with Crippen molar-refractivity contribution < 1.29 is 18.7 Å². The first-order valence-electron chi connectivity index (χ1n) is 10.4. The Balaban J connectivity index is 1.31.